The Morgan fingerprint density at radius 2 is 2.31 bits per heavy atom. The Morgan fingerprint density at radius 1 is 1.56 bits per heavy atom. The first-order chi connectivity index (χ1) is 7.63. The first-order valence-electron chi connectivity index (χ1n) is 6.30. The molecule has 1 fully saturated rings. The van der Waals surface area contributed by atoms with Crippen LogP contribution in [0.5, 0.6) is 0 Å². The fourth-order valence-electron chi connectivity index (χ4n) is 2.00. The van der Waals surface area contributed by atoms with Crippen molar-refractivity contribution < 1.29 is 9.90 Å². The van der Waals surface area contributed by atoms with Gasteiger partial charge < -0.3 is 15.3 Å². The second kappa shape index (κ2) is 6.86. The van der Waals surface area contributed by atoms with E-state index in [-0.39, 0.29) is 5.91 Å². The van der Waals surface area contributed by atoms with Crippen molar-refractivity contribution in [3.63, 3.8) is 0 Å². The van der Waals surface area contributed by atoms with E-state index in [2.05, 4.69) is 12.2 Å². The van der Waals surface area contributed by atoms with Gasteiger partial charge in [0.05, 0.1) is 6.10 Å². The second-order valence-electron chi connectivity index (χ2n) is 4.73. The number of nitrogens with one attached hydrogen (secondary N) is 1. The molecule has 0 spiro atoms. The van der Waals surface area contributed by atoms with Crippen LogP contribution in [0.25, 0.3) is 0 Å². The minimum absolute atomic E-state index is 0.194. The van der Waals surface area contributed by atoms with Crippen LogP contribution in [0.15, 0.2) is 0 Å². The molecule has 1 rings (SSSR count). The third-order valence-corrected chi connectivity index (χ3v) is 3.16. The van der Waals surface area contributed by atoms with Gasteiger partial charge in [0.1, 0.15) is 0 Å². The Kier molecular flexibility index (Phi) is 5.77. The highest BCUT2D eigenvalue weighted by atomic mass is 16.3. The average molecular weight is 228 g/mol. The standard InChI is InChI=1S/C12H24N2O2/c1-3-13-8-11(15)9-14-7-6-10(2)4-5-12(14)16/h10-11,13,15H,3-9H2,1-2H3. The van der Waals surface area contributed by atoms with Gasteiger partial charge in [0, 0.05) is 26.1 Å². The summed E-state index contributed by atoms with van der Waals surface area (Å²) < 4.78 is 0. The van der Waals surface area contributed by atoms with Gasteiger partial charge in [-0.1, -0.05) is 13.8 Å². The summed E-state index contributed by atoms with van der Waals surface area (Å²) in [5.41, 5.74) is 0. The van der Waals surface area contributed by atoms with Crippen molar-refractivity contribution in [2.45, 2.75) is 39.2 Å². The zero-order chi connectivity index (χ0) is 12.0. The monoisotopic (exact) mass is 228 g/mol. The van der Waals surface area contributed by atoms with Gasteiger partial charge in [-0.2, -0.15) is 0 Å². The minimum Gasteiger partial charge on any atom is -0.390 e. The zero-order valence-corrected chi connectivity index (χ0v) is 10.4. The van der Waals surface area contributed by atoms with Crippen molar-refractivity contribution in [2.24, 2.45) is 5.92 Å². The molecule has 2 unspecified atom stereocenters. The molecule has 4 nitrogen and oxygen atoms in total. The number of carbonyl (C=O) groups is 1. The molecule has 0 aliphatic carbocycles. The summed E-state index contributed by atoms with van der Waals surface area (Å²) in [6.45, 7) is 6.87. The maximum atomic E-state index is 11.8. The van der Waals surface area contributed by atoms with Crippen LogP contribution in [-0.2, 0) is 4.79 Å². The molecule has 0 saturated carbocycles. The lowest BCUT2D eigenvalue weighted by atomic mass is 10.0. The molecule has 0 bridgehead atoms. The molecule has 1 heterocycles. The maximum Gasteiger partial charge on any atom is 0.222 e. The number of likely N-dealkylation sites (tertiary alicyclic amines) is 1. The van der Waals surface area contributed by atoms with Crippen LogP contribution in [0.4, 0.5) is 0 Å². The molecule has 2 atom stereocenters. The average Bonchev–Trinajstić information content (AvgIpc) is 2.41. The smallest absolute Gasteiger partial charge is 0.222 e. The van der Waals surface area contributed by atoms with Crippen LogP contribution in [0.3, 0.4) is 0 Å². The van der Waals surface area contributed by atoms with Crippen LogP contribution in [0.1, 0.15) is 33.1 Å². The van der Waals surface area contributed by atoms with Crippen molar-refractivity contribution in [1.82, 2.24) is 10.2 Å². The van der Waals surface area contributed by atoms with Gasteiger partial charge in [-0.15, -0.1) is 0 Å². The fourth-order valence-corrected chi connectivity index (χ4v) is 2.00. The number of likely N-dealkylation sites (N-methyl/N-ethyl adjacent to an activating group) is 1. The summed E-state index contributed by atoms with van der Waals surface area (Å²) in [6.07, 6.45) is 2.23. The van der Waals surface area contributed by atoms with Crippen molar-refractivity contribution in [3.8, 4) is 0 Å². The highest BCUT2D eigenvalue weighted by Gasteiger charge is 2.21. The van der Waals surface area contributed by atoms with E-state index in [0.29, 0.717) is 25.4 Å². The van der Waals surface area contributed by atoms with Crippen LogP contribution >= 0.6 is 0 Å². The quantitative estimate of drug-likeness (QED) is 0.725. The van der Waals surface area contributed by atoms with Gasteiger partial charge in [-0.05, 0) is 25.3 Å². The van der Waals surface area contributed by atoms with Gasteiger partial charge in [0.2, 0.25) is 5.91 Å². The molecule has 1 aliphatic heterocycles. The Balaban J connectivity index is 2.36. The number of rotatable bonds is 5. The van der Waals surface area contributed by atoms with Crippen molar-refractivity contribution in [2.75, 3.05) is 26.2 Å². The molecule has 0 aromatic rings. The molecule has 2 N–H and O–H groups in total. The Labute approximate surface area is 98.0 Å². The first-order valence-corrected chi connectivity index (χ1v) is 6.30. The largest absolute Gasteiger partial charge is 0.390 e. The predicted octanol–water partition coefficient (Wildman–Crippen LogP) is 0.605. The third kappa shape index (κ3) is 4.49. The molecule has 0 aromatic heterocycles. The molecule has 4 heteroatoms. The van der Waals surface area contributed by atoms with Gasteiger partial charge in [0.25, 0.3) is 0 Å². The Morgan fingerprint density at radius 3 is 3.00 bits per heavy atom. The normalized spacial score (nSPS) is 24.3. The lowest BCUT2D eigenvalue weighted by molar-refractivity contribution is -0.132. The van der Waals surface area contributed by atoms with Gasteiger partial charge in [0.15, 0.2) is 0 Å². The predicted molar refractivity (Wildman–Crippen MR) is 64.1 cm³/mol. The number of amides is 1. The molecule has 1 saturated heterocycles. The zero-order valence-electron chi connectivity index (χ0n) is 10.4. The maximum absolute atomic E-state index is 11.8. The van der Waals surface area contributed by atoms with E-state index in [0.717, 1.165) is 25.9 Å². The van der Waals surface area contributed by atoms with Crippen LogP contribution < -0.4 is 5.32 Å². The third-order valence-electron chi connectivity index (χ3n) is 3.16. The number of aliphatic hydroxyl groups excluding tert-OH is 1. The van der Waals surface area contributed by atoms with Gasteiger partial charge >= 0.3 is 0 Å². The number of aliphatic hydroxyl groups is 1. The van der Waals surface area contributed by atoms with E-state index >= 15 is 0 Å². The van der Waals surface area contributed by atoms with Crippen molar-refractivity contribution in [3.05, 3.63) is 0 Å². The van der Waals surface area contributed by atoms with E-state index in [4.69, 9.17) is 0 Å². The molecular formula is C12H24N2O2. The van der Waals surface area contributed by atoms with Crippen molar-refractivity contribution >= 4 is 5.91 Å². The highest BCUT2D eigenvalue weighted by Crippen LogP contribution is 2.17. The molecular weight excluding hydrogens is 204 g/mol. The first kappa shape index (κ1) is 13.5. The molecule has 94 valence electrons. The van der Waals surface area contributed by atoms with Crippen LogP contribution in [-0.4, -0.2) is 48.2 Å². The summed E-state index contributed by atoms with van der Waals surface area (Å²) in [5.74, 6) is 0.819. The molecule has 0 aromatic carbocycles. The van der Waals surface area contributed by atoms with E-state index in [1.54, 1.807) is 0 Å². The fraction of sp³-hybridized carbons (Fsp3) is 0.917. The van der Waals surface area contributed by atoms with E-state index in [1.165, 1.54) is 0 Å². The summed E-state index contributed by atoms with van der Waals surface area (Å²) in [6, 6.07) is 0. The highest BCUT2D eigenvalue weighted by molar-refractivity contribution is 5.76. The Bertz CT molecular complexity index is 221. The Hall–Kier alpha value is -0.610. The van der Waals surface area contributed by atoms with E-state index in [9.17, 15) is 9.90 Å². The number of β-amino-alcohol motifs (C(OH)–C–C–N with tert-alkyl or cyclic N) is 1. The van der Waals surface area contributed by atoms with Crippen molar-refractivity contribution in [1.29, 1.82) is 0 Å². The van der Waals surface area contributed by atoms with Gasteiger partial charge in [-0.3, -0.25) is 4.79 Å². The summed E-state index contributed by atoms with van der Waals surface area (Å²) in [5, 5.41) is 12.8. The topological polar surface area (TPSA) is 52.6 Å². The van der Waals surface area contributed by atoms with Gasteiger partial charge in [-0.25, -0.2) is 0 Å². The summed E-state index contributed by atoms with van der Waals surface area (Å²) >= 11 is 0. The van der Waals surface area contributed by atoms with Crippen LogP contribution in [0.2, 0.25) is 0 Å². The molecule has 1 aliphatic rings. The lowest BCUT2D eigenvalue weighted by Crippen LogP contribution is -2.41. The minimum atomic E-state index is -0.447. The number of nitrogens with zero attached hydrogens (tertiary/aromatic N) is 1. The number of hydrogen-bond acceptors (Lipinski definition) is 3. The lowest BCUT2D eigenvalue weighted by Gasteiger charge is -2.24. The summed E-state index contributed by atoms with van der Waals surface area (Å²) in [4.78, 5) is 13.6. The summed E-state index contributed by atoms with van der Waals surface area (Å²) in [7, 11) is 0. The van der Waals surface area contributed by atoms with Crippen LogP contribution in [0, 0.1) is 5.92 Å². The number of hydrogen-bond donors (Lipinski definition) is 2. The molecule has 0 radical (unpaired) electrons. The van der Waals surface area contributed by atoms with E-state index < -0.39 is 6.10 Å². The SMILES string of the molecule is CCNCC(O)CN1CCC(C)CCC1=O. The molecule has 16 heavy (non-hydrogen) atoms. The van der Waals surface area contributed by atoms with E-state index in [1.807, 2.05) is 11.8 Å². The number of carbonyl (C=O) groups excluding carboxylic acids is 1. The molecule has 1 amide bonds. The second-order valence-corrected chi connectivity index (χ2v) is 4.73.